The molecule has 1 aliphatic heterocycles. The minimum atomic E-state index is -3.44. The molecule has 0 atom stereocenters. The Morgan fingerprint density at radius 3 is 1.31 bits per heavy atom. The second-order valence-electron chi connectivity index (χ2n) is 7.49. The summed E-state index contributed by atoms with van der Waals surface area (Å²) < 4.78 is 26.0. The molecule has 4 aromatic rings. The van der Waals surface area contributed by atoms with Crippen molar-refractivity contribution in [2.24, 2.45) is 0 Å². The molecule has 0 fully saturated rings. The van der Waals surface area contributed by atoms with Crippen molar-refractivity contribution in [1.29, 1.82) is 0 Å². The molecule has 0 unspecified atom stereocenters. The van der Waals surface area contributed by atoms with Crippen molar-refractivity contribution >= 4 is 9.84 Å². The average Bonchev–Trinajstić information content (AvgIpc) is 2.96. The van der Waals surface area contributed by atoms with E-state index in [1.165, 1.54) is 11.1 Å². The zero-order valence-electron chi connectivity index (χ0n) is 15.9. The third kappa shape index (κ3) is 3.28. The molecular weight excluding hydrogens is 376 g/mol. The lowest BCUT2D eigenvalue weighted by Crippen LogP contribution is -1.97. The van der Waals surface area contributed by atoms with E-state index >= 15 is 0 Å². The van der Waals surface area contributed by atoms with Gasteiger partial charge in [0.25, 0.3) is 0 Å². The zero-order chi connectivity index (χ0) is 19.8. The predicted molar refractivity (Wildman–Crippen MR) is 116 cm³/mol. The van der Waals surface area contributed by atoms with E-state index < -0.39 is 9.84 Å². The molecule has 5 rings (SSSR count). The second-order valence-corrected chi connectivity index (χ2v) is 9.38. The van der Waals surface area contributed by atoms with Crippen molar-refractivity contribution in [2.45, 2.75) is 22.6 Å². The molecule has 0 spiro atoms. The predicted octanol–water partition coefficient (Wildman–Crippen LogP) is 5.68. The lowest BCUT2D eigenvalue weighted by atomic mass is 9.96. The van der Waals surface area contributed by atoms with Crippen molar-refractivity contribution in [1.82, 2.24) is 0 Å². The highest BCUT2D eigenvalue weighted by Crippen LogP contribution is 2.44. The van der Waals surface area contributed by atoms with Gasteiger partial charge < -0.3 is 0 Å². The van der Waals surface area contributed by atoms with Gasteiger partial charge in [-0.2, -0.15) is 0 Å². The van der Waals surface area contributed by atoms with Gasteiger partial charge in [0, 0.05) is 11.1 Å². The maximum Gasteiger partial charge on any atom is 0.207 e. The third-order valence-electron chi connectivity index (χ3n) is 5.46. The highest BCUT2D eigenvalue weighted by atomic mass is 32.2. The molecule has 142 valence electrons. The van der Waals surface area contributed by atoms with Crippen molar-refractivity contribution in [3.05, 3.63) is 119 Å². The summed E-state index contributed by atoms with van der Waals surface area (Å²) in [4.78, 5) is 0.836. The van der Waals surface area contributed by atoms with Crippen LogP contribution >= 0.6 is 0 Å². The molecule has 0 aliphatic carbocycles. The first-order chi connectivity index (χ1) is 14.1. The minimum Gasteiger partial charge on any atom is -0.218 e. The van der Waals surface area contributed by atoms with Gasteiger partial charge in [0.15, 0.2) is 0 Å². The van der Waals surface area contributed by atoms with Crippen LogP contribution in [0, 0.1) is 0 Å². The van der Waals surface area contributed by atoms with Crippen LogP contribution in [-0.2, 0) is 22.7 Å². The fourth-order valence-electron chi connectivity index (χ4n) is 4.05. The van der Waals surface area contributed by atoms with Gasteiger partial charge in [-0.3, -0.25) is 0 Å². The average molecular weight is 397 g/mol. The van der Waals surface area contributed by atoms with E-state index in [0.717, 1.165) is 35.1 Å². The lowest BCUT2D eigenvalue weighted by Gasteiger charge is -2.07. The summed E-state index contributed by atoms with van der Waals surface area (Å²) in [5.74, 6) is 0. The van der Waals surface area contributed by atoms with Crippen molar-refractivity contribution in [3.63, 3.8) is 0 Å². The number of rotatable bonds is 4. The number of hydrogen-bond donors (Lipinski definition) is 0. The molecule has 3 heteroatoms. The van der Waals surface area contributed by atoms with Crippen LogP contribution in [0.25, 0.3) is 11.1 Å². The molecule has 4 aromatic carbocycles. The highest BCUT2D eigenvalue weighted by Gasteiger charge is 2.33. The number of hydrogen-bond acceptors (Lipinski definition) is 2. The Balaban J connectivity index is 1.56. The molecule has 0 amide bonds. The standard InChI is InChI=1S/C26H20O2S/c27-29(28)25-13-11-21(15-19-7-3-1-4-8-19)17-23(25)24-18-22(12-14-26(24)29)16-20-9-5-2-6-10-20/h1-14,17-18H,15-16H2. The second kappa shape index (κ2) is 7.02. The molecule has 29 heavy (non-hydrogen) atoms. The summed E-state index contributed by atoms with van der Waals surface area (Å²) in [7, 11) is -3.44. The summed E-state index contributed by atoms with van der Waals surface area (Å²) in [6.45, 7) is 0. The van der Waals surface area contributed by atoms with Gasteiger partial charge >= 0.3 is 0 Å². The molecule has 2 nitrogen and oxygen atoms in total. The Kier molecular flexibility index (Phi) is 4.33. The SMILES string of the molecule is O=S1(=O)c2ccc(Cc3ccccc3)cc2-c2cc(Cc3ccccc3)ccc21. The highest BCUT2D eigenvalue weighted by molar-refractivity contribution is 7.92. The van der Waals surface area contributed by atoms with E-state index in [-0.39, 0.29) is 0 Å². The van der Waals surface area contributed by atoms with Crippen molar-refractivity contribution < 1.29 is 8.42 Å². The Bertz CT molecular complexity index is 1190. The lowest BCUT2D eigenvalue weighted by molar-refractivity contribution is 0.598. The molecule has 0 saturated carbocycles. The Morgan fingerprint density at radius 1 is 0.483 bits per heavy atom. The summed E-state index contributed by atoms with van der Waals surface area (Å²) in [6.07, 6.45) is 1.57. The van der Waals surface area contributed by atoms with Crippen LogP contribution < -0.4 is 0 Å². The molecule has 0 bridgehead atoms. The van der Waals surface area contributed by atoms with E-state index in [9.17, 15) is 8.42 Å². The van der Waals surface area contributed by atoms with Crippen molar-refractivity contribution in [3.8, 4) is 11.1 Å². The third-order valence-corrected chi connectivity index (χ3v) is 7.33. The Hall–Kier alpha value is -3.17. The Morgan fingerprint density at radius 2 is 0.897 bits per heavy atom. The first-order valence-corrected chi connectivity index (χ1v) is 11.2. The first kappa shape index (κ1) is 17.9. The fraction of sp³-hybridized carbons (Fsp3) is 0.0769. The monoisotopic (exact) mass is 396 g/mol. The largest absolute Gasteiger partial charge is 0.218 e. The van der Waals surface area contributed by atoms with E-state index in [4.69, 9.17) is 0 Å². The van der Waals surface area contributed by atoms with E-state index in [2.05, 4.69) is 24.3 Å². The maximum atomic E-state index is 13.0. The van der Waals surface area contributed by atoms with E-state index in [0.29, 0.717) is 9.79 Å². The van der Waals surface area contributed by atoms with Crippen LogP contribution in [0.15, 0.2) is 107 Å². The quantitative estimate of drug-likeness (QED) is 0.392. The summed E-state index contributed by atoms with van der Waals surface area (Å²) >= 11 is 0. The number of benzene rings is 4. The smallest absolute Gasteiger partial charge is 0.207 e. The molecule has 1 aliphatic rings. The normalized spacial score (nSPS) is 13.7. The molecule has 1 heterocycles. The minimum absolute atomic E-state index is 0.418. The molecule has 0 radical (unpaired) electrons. The van der Waals surface area contributed by atoms with Crippen LogP contribution in [0.2, 0.25) is 0 Å². The van der Waals surface area contributed by atoms with E-state index in [1.807, 2.05) is 60.7 Å². The van der Waals surface area contributed by atoms with Crippen LogP contribution in [-0.4, -0.2) is 8.42 Å². The summed E-state index contributed by atoms with van der Waals surface area (Å²) in [5.41, 5.74) is 6.31. The van der Waals surface area contributed by atoms with Crippen molar-refractivity contribution in [2.75, 3.05) is 0 Å². The first-order valence-electron chi connectivity index (χ1n) is 9.70. The van der Waals surface area contributed by atoms with E-state index in [1.54, 1.807) is 12.1 Å². The fourth-order valence-corrected chi connectivity index (χ4v) is 5.69. The van der Waals surface area contributed by atoms with Crippen LogP contribution in [0.4, 0.5) is 0 Å². The van der Waals surface area contributed by atoms with Gasteiger partial charge in [0.1, 0.15) is 0 Å². The topological polar surface area (TPSA) is 34.1 Å². The molecular formula is C26H20O2S. The molecule has 0 N–H and O–H groups in total. The zero-order valence-corrected chi connectivity index (χ0v) is 16.7. The van der Waals surface area contributed by atoms with Crippen LogP contribution in [0.5, 0.6) is 0 Å². The Labute approximate surface area is 171 Å². The van der Waals surface area contributed by atoms with Crippen LogP contribution in [0.1, 0.15) is 22.3 Å². The maximum absolute atomic E-state index is 13.0. The van der Waals surface area contributed by atoms with Gasteiger partial charge in [-0.1, -0.05) is 72.8 Å². The number of fused-ring (bicyclic) bond motifs is 3. The van der Waals surface area contributed by atoms with Crippen LogP contribution in [0.3, 0.4) is 0 Å². The van der Waals surface area contributed by atoms with Gasteiger partial charge in [-0.15, -0.1) is 0 Å². The summed E-state index contributed by atoms with van der Waals surface area (Å²) in [5, 5.41) is 0. The number of sulfone groups is 1. The molecule has 0 saturated heterocycles. The van der Waals surface area contributed by atoms with Gasteiger partial charge in [-0.25, -0.2) is 8.42 Å². The van der Waals surface area contributed by atoms with Gasteiger partial charge in [0.05, 0.1) is 9.79 Å². The molecule has 0 aromatic heterocycles. The van der Waals surface area contributed by atoms with Gasteiger partial charge in [-0.05, 0) is 59.4 Å². The van der Waals surface area contributed by atoms with Gasteiger partial charge in [0.2, 0.25) is 9.84 Å². The summed E-state index contributed by atoms with van der Waals surface area (Å²) in [6, 6.07) is 32.0.